The number of carboxylic acids is 1. The van der Waals surface area contributed by atoms with Gasteiger partial charge >= 0.3 is 11.9 Å². The lowest BCUT2D eigenvalue weighted by molar-refractivity contribution is -0.164. The molecule has 0 atom stereocenters. The summed E-state index contributed by atoms with van der Waals surface area (Å²) >= 11 is 3.05. The predicted octanol–water partition coefficient (Wildman–Crippen LogP) is 2.11. The molecule has 6 heteroatoms. The summed E-state index contributed by atoms with van der Waals surface area (Å²) in [7, 11) is 0. The van der Waals surface area contributed by atoms with Gasteiger partial charge in [0.1, 0.15) is 0 Å². The van der Waals surface area contributed by atoms with Gasteiger partial charge in [-0.2, -0.15) is 8.78 Å². The molecule has 0 amide bonds. The molecule has 0 aromatic carbocycles. The van der Waals surface area contributed by atoms with Crippen molar-refractivity contribution in [3.05, 3.63) is 28.5 Å². The molecule has 1 N–H and O–H groups in total. The first-order chi connectivity index (χ1) is 6.42. The number of hydrogen-bond acceptors (Lipinski definition) is 2. The van der Waals surface area contributed by atoms with E-state index < -0.39 is 18.3 Å². The topological polar surface area (TPSA) is 50.2 Å². The molecule has 0 aliphatic rings. The third kappa shape index (κ3) is 2.73. The number of aliphatic carboxylic acids is 1. The number of alkyl halides is 2. The normalized spacial score (nSPS) is 11.4. The molecule has 1 aromatic heterocycles. The van der Waals surface area contributed by atoms with Crippen LogP contribution in [0.1, 0.15) is 5.56 Å². The van der Waals surface area contributed by atoms with Gasteiger partial charge < -0.3 is 5.11 Å². The summed E-state index contributed by atoms with van der Waals surface area (Å²) in [4.78, 5) is 13.8. The van der Waals surface area contributed by atoms with Gasteiger partial charge in [-0.3, -0.25) is 4.98 Å². The Morgan fingerprint density at radius 3 is 2.71 bits per heavy atom. The van der Waals surface area contributed by atoms with Gasteiger partial charge in [0.15, 0.2) is 0 Å². The summed E-state index contributed by atoms with van der Waals surface area (Å²) in [5, 5.41) is 8.19. The van der Waals surface area contributed by atoms with Crippen molar-refractivity contribution in [2.45, 2.75) is 12.3 Å². The molecule has 0 saturated heterocycles. The number of pyridine rings is 1. The standard InChI is InChI=1S/C8H6BrF2NO2/c9-6-1-5(3-12-4-6)2-8(10,11)7(13)14/h1,3-4H,2H2,(H,13,14). The third-order valence-electron chi connectivity index (χ3n) is 1.50. The smallest absolute Gasteiger partial charge is 0.374 e. The zero-order valence-electron chi connectivity index (χ0n) is 6.88. The van der Waals surface area contributed by atoms with Crippen molar-refractivity contribution in [2.75, 3.05) is 0 Å². The first-order valence-corrected chi connectivity index (χ1v) is 4.42. The molecule has 0 aliphatic carbocycles. The molecule has 3 nitrogen and oxygen atoms in total. The lowest BCUT2D eigenvalue weighted by Gasteiger charge is -2.10. The van der Waals surface area contributed by atoms with Crippen LogP contribution in [0.15, 0.2) is 22.9 Å². The highest BCUT2D eigenvalue weighted by Gasteiger charge is 2.38. The van der Waals surface area contributed by atoms with Gasteiger partial charge in [0.25, 0.3) is 0 Å². The van der Waals surface area contributed by atoms with E-state index in [0.717, 1.165) is 0 Å². The minimum Gasteiger partial charge on any atom is -0.477 e. The van der Waals surface area contributed by atoms with E-state index in [1.54, 1.807) is 0 Å². The van der Waals surface area contributed by atoms with Crippen LogP contribution < -0.4 is 0 Å². The molecule has 76 valence electrons. The van der Waals surface area contributed by atoms with Gasteiger partial charge in [0, 0.05) is 23.3 Å². The second-order valence-electron chi connectivity index (χ2n) is 2.70. The maximum atomic E-state index is 12.7. The summed E-state index contributed by atoms with van der Waals surface area (Å²) < 4.78 is 26.0. The Morgan fingerprint density at radius 1 is 1.57 bits per heavy atom. The van der Waals surface area contributed by atoms with Gasteiger partial charge in [-0.25, -0.2) is 4.79 Å². The number of carbonyl (C=O) groups is 1. The Morgan fingerprint density at radius 2 is 2.21 bits per heavy atom. The minimum atomic E-state index is -3.75. The van der Waals surface area contributed by atoms with E-state index in [4.69, 9.17) is 5.11 Å². The fraction of sp³-hybridized carbons (Fsp3) is 0.250. The number of aromatic nitrogens is 1. The van der Waals surface area contributed by atoms with E-state index in [-0.39, 0.29) is 5.56 Å². The van der Waals surface area contributed by atoms with Crippen molar-refractivity contribution >= 4 is 21.9 Å². The molecule has 0 saturated carbocycles. The van der Waals surface area contributed by atoms with E-state index in [1.807, 2.05) is 0 Å². The van der Waals surface area contributed by atoms with Crippen molar-refractivity contribution in [3.8, 4) is 0 Å². The van der Waals surface area contributed by atoms with Crippen LogP contribution in [0.3, 0.4) is 0 Å². The summed E-state index contributed by atoms with van der Waals surface area (Å²) in [6, 6.07) is 1.41. The van der Waals surface area contributed by atoms with E-state index in [9.17, 15) is 13.6 Å². The third-order valence-corrected chi connectivity index (χ3v) is 1.93. The van der Waals surface area contributed by atoms with Crippen LogP contribution in [-0.2, 0) is 11.2 Å². The van der Waals surface area contributed by atoms with Crippen molar-refractivity contribution in [1.82, 2.24) is 4.98 Å². The number of rotatable bonds is 3. The van der Waals surface area contributed by atoms with Crippen molar-refractivity contribution in [3.63, 3.8) is 0 Å². The van der Waals surface area contributed by atoms with Crippen LogP contribution in [0.2, 0.25) is 0 Å². The van der Waals surface area contributed by atoms with Crippen LogP contribution in [-0.4, -0.2) is 22.0 Å². The fourth-order valence-corrected chi connectivity index (χ4v) is 1.30. The summed E-state index contributed by atoms with van der Waals surface area (Å²) in [6.07, 6.45) is 1.79. The zero-order chi connectivity index (χ0) is 10.8. The number of carboxylic acid groups (broad SMARTS) is 1. The molecular weight excluding hydrogens is 260 g/mol. The Bertz CT molecular complexity index is 357. The molecule has 0 fully saturated rings. The Labute approximate surface area is 86.9 Å². The van der Waals surface area contributed by atoms with Crippen LogP contribution in [0.25, 0.3) is 0 Å². The molecule has 1 rings (SSSR count). The Balaban J connectivity index is 2.83. The Hall–Kier alpha value is -1.04. The lowest BCUT2D eigenvalue weighted by Crippen LogP contribution is -2.30. The molecule has 1 heterocycles. The maximum Gasteiger partial charge on any atom is 0.374 e. The molecule has 0 unspecified atom stereocenters. The largest absolute Gasteiger partial charge is 0.477 e. The summed E-state index contributed by atoms with van der Waals surface area (Å²) in [6.45, 7) is 0. The van der Waals surface area contributed by atoms with Gasteiger partial charge in [-0.1, -0.05) is 0 Å². The first kappa shape index (κ1) is 11.0. The molecule has 0 bridgehead atoms. The number of hydrogen-bond donors (Lipinski definition) is 1. The number of halogens is 3. The monoisotopic (exact) mass is 265 g/mol. The van der Waals surface area contributed by atoms with E-state index in [0.29, 0.717) is 4.47 Å². The molecule has 0 aliphatic heterocycles. The van der Waals surface area contributed by atoms with Gasteiger partial charge in [0.2, 0.25) is 0 Å². The average Bonchev–Trinajstić information content (AvgIpc) is 2.02. The summed E-state index contributed by atoms with van der Waals surface area (Å²) in [5.74, 6) is -5.87. The molecule has 1 aromatic rings. The highest BCUT2D eigenvalue weighted by Crippen LogP contribution is 2.21. The SMILES string of the molecule is O=C(O)C(F)(F)Cc1cncc(Br)c1. The highest BCUT2D eigenvalue weighted by atomic mass is 79.9. The van der Waals surface area contributed by atoms with Crippen LogP contribution in [0.5, 0.6) is 0 Å². The second kappa shape index (κ2) is 4.00. The molecular formula is C8H6BrF2NO2. The predicted molar refractivity (Wildman–Crippen MR) is 48.2 cm³/mol. The van der Waals surface area contributed by atoms with E-state index >= 15 is 0 Å². The molecule has 0 radical (unpaired) electrons. The summed E-state index contributed by atoms with van der Waals surface area (Å²) in [5.41, 5.74) is 0.173. The van der Waals surface area contributed by atoms with Crippen LogP contribution in [0.4, 0.5) is 8.78 Å². The van der Waals surface area contributed by atoms with Gasteiger partial charge in [-0.15, -0.1) is 0 Å². The minimum absolute atomic E-state index is 0.173. The quantitative estimate of drug-likeness (QED) is 0.911. The van der Waals surface area contributed by atoms with Crippen LogP contribution in [0, 0.1) is 0 Å². The first-order valence-electron chi connectivity index (χ1n) is 3.62. The second-order valence-corrected chi connectivity index (χ2v) is 3.61. The van der Waals surface area contributed by atoms with E-state index in [1.165, 1.54) is 18.5 Å². The highest BCUT2D eigenvalue weighted by molar-refractivity contribution is 9.10. The van der Waals surface area contributed by atoms with Crippen LogP contribution >= 0.6 is 15.9 Å². The van der Waals surface area contributed by atoms with Crippen molar-refractivity contribution in [2.24, 2.45) is 0 Å². The zero-order valence-corrected chi connectivity index (χ0v) is 8.46. The Kier molecular flexibility index (Phi) is 3.15. The van der Waals surface area contributed by atoms with Gasteiger partial charge in [-0.05, 0) is 27.6 Å². The number of nitrogens with zero attached hydrogens (tertiary/aromatic N) is 1. The van der Waals surface area contributed by atoms with E-state index in [2.05, 4.69) is 20.9 Å². The lowest BCUT2D eigenvalue weighted by atomic mass is 10.1. The van der Waals surface area contributed by atoms with Gasteiger partial charge in [0.05, 0.1) is 0 Å². The molecule has 14 heavy (non-hydrogen) atoms. The molecule has 0 spiro atoms. The van der Waals surface area contributed by atoms with Crippen molar-refractivity contribution < 1.29 is 18.7 Å². The average molecular weight is 266 g/mol. The van der Waals surface area contributed by atoms with Crippen molar-refractivity contribution in [1.29, 1.82) is 0 Å². The fourth-order valence-electron chi connectivity index (χ4n) is 0.885. The maximum absolute atomic E-state index is 12.7.